The van der Waals surface area contributed by atoms with Crippen molar-refractivity contribution in [2.24, 2.45) is 0 Å². The second kappa shape index (κ2) is 6.01. The maximum absolute atomic E-state index is 5.86. The van der Waals surface area contributed by atoms with Crippen LogP contribution in [0.3, 0.4) is 0 Å². The quantitative estimate of drug-likeness (QED) is 0.676. The summed E-state index contributed by atoms with van der Waals surface area (Å²) in [5, 5.41) is 1.82. The molecule has 2 aromatic heterocycles. The predicted molar refractivity (Wildman–Crippen MR) is 82.9 cm³/mol. The molecule has 0 atom stereocenters. The third kappa shape index (κ3) is 2.80. The Hall–Kier alpha value is -1.94. The topological polar surface area (TPSA) is 35.0 Å². The van der Waals surface area contributed by atoms with E-state index in [4.69, 9.17) is 4.74 Å². The molecule has 0 unspecified atom stereocenters. The van der Waals surface area contributed by atoms with Gasteiger partial charge in [0.05, 0.1) is 11.4 Å². The van der Waals surface area contributed by atoms with Gasteiger partial charge in [-0.3, -0.25) is 9.97 Å². The lowest BCUT2D eigenvalue weighted by molar-refractivity contribution is 0.304. The van der Waals surface area contributed by atoms with E-state index in [1.807, 2.05) is 48.5 Å². The highest BCUT2D eigenvalue weighted by Gasteiger charge is 2.04. The number of hydrogen-bond acceptors (Lipinski definition) is 3. The first kappa shape index (κ1) is 13.1. The summed E-state index contributed by atoms with van der Waals surface area (Å²) in [6.07, 6.45) is 1.78. The van der Waals surface area contributed by atoms with E-state index in [0.717, 1.165) is 33.4 Å². The Morgan fingerprint density at radius 3 is 2.65 bits per heavy atom. The number of fused-ring (bicyclic) bond motifs is 1. The van der Waals surface area contributed by atoms with E-state index < -0.39 is 0 Å². The number of benzene rings is 1. The summed E-state index contributed by atoms with van der Waals surface area (Å²) in [5.74, 6) is 0.786. The molecule has 0 bridgehead atoms. The van der Waals surface area contributed by atoms with Gasteiger partial charge in [-0.2, -0.15) is 0 Å². The molecule has 2 heterocycles. The monoisotopic (exact) mass is 328 g/mol. The van der Waals surface area contributed by atoms with Crippen LogP contribution in [0.5, 0.6) is 5.75 Å². The third-order valence-electron chi connectivity index (χ3n) is 2.97. The average molecular weight is 329 g/mol. The molecular weight excluding hydrogens is 316 g/mol. The maximum atomic E-state index is 5.86. The van der Waals surface area contributed by atoms with E-state index in [1.165, 1.54) is 0 Å². The Morgan fingerprint density at radius 1 is 0.950 bits per heavy atom. The molecule has 0 aliphatic heterocycles. The van der Waals surface area contributed by atoms with Gasteiger partial charge in [-0.15, -0.1) is 0 Å². The SMILES string of the molecule is BrCc1cccc(COc2cccc3cccnc23)n1. The number of alkyl halides is 1. The summed E-state index contributed by atoms with van der Waals surface area (Å²) in [6, 6.07) is 15.8. The molecule has 3 nitrogen and oxygen atoms in total. The number of halogens is 1. The van der Waals surface area contributed by atoms with Crippen LogP contribution in [-0.2, 0) is 11.9 Å². The van der Waals surface area contributed by atoms with Gasteiger partial charge < -0.3 is 4.74 Å². The van der Waals surface area contributed by atoms with Gasteiger partial charge in [0.1, 0.15) is 17.9 Å². The molecule has 0 amide bonds. The number of rotatable bonds is 4. The molecule has 0 saturated heterocycles. The Kier molecular flexibility index (Phi) is 3.92. The van der Waals surface area contributed by atoms with Gasteiger partial charge in [0, 0.05) is 16.9 Å². The average Bonchev–Trinajstić information content (AvgIpc) is 2.53. The van der Waals surface area contributed by atoms with Crippen LogP contribution in [0.25, 0.3) is 10.9 Å². The molecule has 1 aromatic carbocycles. The van der Waals surface area contributed by atoms with Crippen molar-refractivity contribution in [2.45, 2.75) is 11.9 Å². The number of aromatic nitrogens is 2. The molecule has 20 heavy (non-hydrogen) atoms. The number of pyridine rings is 2. The van der Waals surface area contributed by atoms with Crippen LogP contribution in [0, 0.1) is 0 Å². The number of hydrogen-bond donors (Lipinski definition) is 0. The fraction of sp³-hybridized carbons (Fsp3) is 0.125. The fourth-order valence-electron chi connectivity index (χ4n) is 2.03. The second-order valence-corrected chi connectivity index (χ2v) is 4.93. The second-order valence-electron chi connectivity index (χ2n) is 4.37. The van der Waals surface area contributed by atoms with Crippen molar-refractivity contribution in [3.8, 4) is 5.75 Å². The van der Waals surface area contributed by atoms with Crippen molar-refractivity contribution in [1.82, 2.24) is 9.97 Å². The van der Waals surface area contributed by atoms with Crippen LogP contribution < -0.4 is 4.74 Å². The molecule has 0 aliphatic rings. The lowest BCUT2D eigenvalue weighted by Gasteiger charge is -2.08. The van der Waals surface area contributed by atoms with Crippen LogP contribution in [0.1, 0.15) is 11.4 Å². The smallest absolute Gasteiger partial charge is 0.146 e. The summed E-state index contributed by atoms with van der Waals surface area (Å²) >= 11 is 3.41. The van der Waals surface area contributed by atoms with Gasteiger partial charge in [-0.1, -0.05) is 40.2 Å². The highest BCUT2D eigenvalue weighted by atomic mass is 79.9. The summed E-state index contributed by atoms with van der Waals surface area (Å²) < 4.78 is 5.86. The minimum absolute atomic E-state index is 0.441. The molecule has 3 aromatic rings. The van der Waals surface area contributed by atoms with Gasteiger partial charge in [0.25, 0.3) is 0 Å². The van der Waals surface area contributed by atoms with E-state index >= 15 is 0 Å². The van der Waals surface area contributed by atoms with Crippen molar-refractivity contribution in [1.29, 1.82) is 0 Å². The zero-order chi connectivity index (χ0) is 13.8. The van der Waals surface area contributed by atoms with E-state index in [-0.39, 0.29) is 0 Å². The summed E-state index contributed by atoms with van der Waals surface area (Å²) in [5.41, 5.74) is 2.80. The molecule has 0 aliphatic carbocycles. The largest absolute Gasteiger partial charge is 0.485 e. The molecule has 0 N–H and O–H groups in total. The van der Waals surface area contributed by atoms with Crippen LogP contribution >= 0.6 is 15.9 Å². The van der Waals surface area contributed by atoms with Crippen molar-refractivity contribution in [3.05, 3.63) is 66.1 Å². The fourth-order valence-corrected chi connectivity index (χ4v) is 2.34. The zero-order valence-electron chi connectivity index (χ0n) is 10.8. The van der Waals surface area contributed by atoms with Crippen LogP contribution in [0.15, 0.2) is 54.7 Å². The van der Waals surface area contributed by atoms with Gasteiger partial charge in [0.2, 0.25) is 0 Å². The first-order valence-electron chi connectivity index (χ1n) is 6.34. The van der Waals surface area contributed by atoms with Gasteiger partial charge in [-0.25, -0.2) is 0 Å². The van der Waals surface area contributed by atoms with Crippen molar-refractivity contribution in [3.63, 3.8) is 0 Å². The molecule has 3 rings (SSSR count). The molecule has 0 spiro atoms. The normalized spacial score (nSPS) is 10.7. The predicted octanol–water partition coefficient (Wildman–Crippen LogP) is 4.10. The summed E-state index contributed by atoms with van der Waals surface area (Å²) in [4.78, 5) is 8.87. The Morgan fingerprint density at radius 2 is 1.75 bits per heavy atom. The van der Waals surface area contributed by atoms with Crippen molar-refractivity contribution >= 4 is 26.8 Å². The van der Waals surface area contributed by atoms with Gasteiger partial charge in [-0.05, 0) is 24.3 Å². The number of nitrogens with zero attached hydrogens (tertiary/aromatic N) is 2. The molecule has 0 radical (unpaired) electrons. The molecule has 100 valence electrons. The van der Waals surface area contributed by atoms with Crippen LogP contribution in [0.2, 0.25) is 0 Å². The highest BCUT2D eigenvalue weighted by Crippen LogP contribution is 2.23. The minimum Gasteiger partial charge on any atom is -0.485 e. The lowest BCUT2D eigenvalue weighted by atomic mass is 10.2. The first-order valence-corrected chi connectivity index (χ1v) is 7.46. The van der Waals surface area contributed by atoms with Crippen molar-refractivity contribution in [2.75, 3.05) is 0 Å². The van der Waals surface area contributed by atoms with Crippen LogP contribution in [-0.4, -0.2) is 9.97 Å². The zero-order valence-corrected chi connectivity index (χ0v) is 12.4. The lowest BCUT2D eigenvalue weighted by Crippen LogP contribution is -2.00. The Labute approximate surface area is 125 Å². The van der Waals surface area contributed by atoms with Gasteiger partial charge in [0.15, 0.2) is 0 Å². The van der Waals surface area contributed by atoms with Gasteiger partial charge >= 0.3 is 0 Å². The number of para-hydroxylation sites is 1. The Balaban J connectivity index is 1.83. The summed E-state index contributed by atoms with van der Waals surface area (Å²) in [6.45, 7) is 0.441. The van der Waals surface area contributed by atoms with Crippen LogP contribution in [0.4, 0.5) is 0 Å². The van der Waals surface area contributed by atoms with E-state index in [9.17, 15) is 0 Å². The van der Waals surface area contributed by atoms with E-state index in [2.05, 4.69) is 25.9 Å². The van der Waals surface area contributed by atoms with E-state index in [1.54, 1.807) is 6.20 Å². The highest BCUT2D eigenvalue weighted by molar-refractivity contribution is 9.08. The third-order valence-corrected chi connectivity index (χ3v) is 3.55. The summed E-state index contributed by atoms with van der Waals surface area (Å²) in [7, 11) is 0. The standard InChI is InChI=1S/C16H13BrN2O/c17-10-13-6-2-7-14(19-13)11-20-15-8-1-4-12-5-3-9-18-16(12)15/h1-9H,10-11H2. The van der Waals surface area contributed by atoms with Crippen molar-refractivity contribution < 1.29 is 4.74 Å². The molecule has 4 heteroatoms. The maximum Gasteiger partial charge on any atom is 0.146 e. The molecular formula is C16H13BrN2O. The molecule has 0 saturated carbocycles. The first-order chi connectivity index (χ1) is 9.86. The number of ether oxygens (including phenoxy) is 1. The van der Waals surface area contributed by atoms with E-state index in [0.29, 0.717) is 6.61 Å². The minimum atomic E-state index is 0.441. The molecule has 0 fully saturated rings. The Bertz CT molecular complexity index is 725.